The van der Waals surface area contributed by atoms with Crippen LogP contribution in [0.25, 0.3) is 10.9 Å². The topological polar surface area (TPSA) is 37.8 Å². The molecule has 2 aromatic rings. The lowest BCUT2D eigenvalue weighted by molar-refractivity contribution is 0.778. The van der Waals surface area contributed by atoms with Crippen LogP contribution in [0.15, 0.2) is 24.3 Å². The van der Waals surface area contributed by atoms with Crippen molar-refractivity contribution in [2.24, 2.45) is 0 Å². The third-order valence-corrected chi connectivity index (χ3v) is 2.56. The number of benzene rings is 1. The molecule has 0 saturated heterocycles. The molecule has 0 fully saturated rings. The summed E-state index contributed by atoms with van der Waals surface area (Å²) in [5.41, 5.74) is 1.01. The maximum absolute atomic E-state index is 4.62. The van der Waals surface area contributed by atoms with Crippen LogP contribution in [0.4, 0.5) is 5.82 Å². The summed E-state index contributed by atoms with van der Waals surface area (Å²) < 4.78 is 0. The highest BCUT2D eigenvalue weighted by molar-refractivity contribution is 5.89. The van der Waals surface area contributed by atoms with E-state index in [0.717, 1.165) is 22.5 Å². The van der Waals surface area contributed by atoms with Crippen molar-refractivity contribution in [3.63, 3.8) is 0 Å². The quantitative estimate of drug-likeness (QED) is 0.874. The molecule has 0 unspecified atom stereocenters. The number of nitrogens with zero attached hydrogens (tertiary/aromatic N) is 2. The monoisotopic (exact) mass is 229 g/mol. The van der Waals surface area contributed by atoms with Crippen LogP contribution >= 0.6 is 0 Å². The Kier molecular flexibility index (Phi) is 3.27. The molecule has 1 heterocycles. The lowest BCUT2D eigenvalue weighted by Crippen LogP contribution is -2.13. The number of hydrogen-bond donors (Lipinski definition) is 1. The summed E-state index contributed by atoms with van der Waals surface area (Å²) in [4.78, 5) is 9.21. The predicted octanol–water partition coefficient (Wildman–Crippen LogP) is 3.57. The predicted molar refractivity (Wildman–Crippen MR) is 72.4 cm³/mol. The SMILES string of the molecule is CC(C)Nc1nc(C(C)C)nc2ccccc12. The van der Waals surface area contributed by atoms with Gasteiger partial charge in [0.05, 0.1) is 5.52 Å². The van der Waals surface area contributed by atoms with E-state index in [0.29, 0.717) is 12.0 Å². The number of hydrogen-bond acceptors (Lipinski definition) is 3. The van der Waals surface area contributed by atoms with Crippen molar-refractivity contribution in [1.82, 2.24) is 9.97 Å². The van der Waals surface area contributed by atoms with Gasteiger partial charge in [-0.15, -0.1) is 0 Å². The fourth-order valence-corrected chi connectivity index (χ4v) is 1.74. The average Bonchev–Trinajstić information content (AvgIpc) is 2.28. The van der Waals surface area contributed by atoms with Crippen LogP contribution in [-0.2, 0) is 0 Å². The summed E-state index contributed by atoms with van der Waals surface area (Å²) >= 11 is 0. The van der Waals surface area contributed by atoms with Gasteiger partial charge in [-0.05, 0) is 26.0 Å². The molecule has 3 heteroatoms. The van der Waals surface area contributed by atoms with Gasteiger partial charge in [-0.3, -0.25) is 0 Å². The third kappa shape index (κ3) is 2.54. The van der Waals surface area contributed by atoms with Gasteiger partial charge in [0.2, 0.25) is 0 Å². The van der Waals surface area contributed by atoms with Crippen molar-refractivity contribution in [3.05, 3.63) is 30.1 Å². The second-order valence-corrected chi connectivity index (χ2v) is 4.90. The van der Waals surface area contributed by atoms with Crippen LogP contribution in [0.3, 0.4) is 0 Å². The molecule has 0 radical (unpaired) electrons. The molecule has 0 aliphatic carbocycles. The van der Waals surface area contributed by atoms with Gasteiger partial charge in [0, 0.05) is 17.3 Å². The van der Waals surface area contributed by atoms with Crippen LogP contribution in [0.2, 0.25) is 0 Å². The highest BCUT2D eigenvalue weighted by atomic mass is 15.0. The van der Waals surface area contributed by atoms with Gasteiger partial charge >= 0.3 is 0 Å². The summed E-state index contributed by atoms with van der Waals surface area (Å²) in [5, 5.41) is 4.48. The first-order valence-corrected chi connectivity index (χ1v) is 6.11. The molecular formula is C14H19N3. The first kappa shape index (κ1) is 11.8. The standard InChI is InChI=1S/C14H19N3/c1-9(2)13-16-12-8-6-5-7-11(12)14(17-13)15-10(3)4/h5-10H,1-4H3,(H,15,16,17). The Morgan fingerprint density at radius 3 is 2.35 bits per heavy atom. The molecule has 3 nitrogen and oxygen atoms in total. The second kappa shape index (κ2) is 4.70. The zero-order valence-electron chi connectivity index (χ0n) is 10.9. The number of fused-ring (bicyclic) bond motifs is 1. The molecule has 1 aromatic heterocycles. The van der Waals surface area contributed by atoms with Gasteiger partial charge < -0.3 is 5.32 Å². The Morgan fingerprint density at radius 2 is 1.71 bits per heavy atom. The molecule has 0 aliphatic rings. The van der Waals surface area contributed by atoms with E-state index in [9.17, 15) is 0 Å². The lowest BCUT2D eigenvalue weighted by atomic mass is 10.1. The Balaban J connectivity index is 2.60. The van der Waals surface area contributed by atoms with Gasteiger partial charge in [0.25, 0.3) is 0 Å². The zero-order valence-corrected chi connectivity index (χ0v) is 10.9. The number of rotatable bonds is 3. The van der Waals surface area contributed by atoms with E-state index in [1.54, 1.807) is 0 Å². The van der Waals surface area contributed by atoms with Gasteiger partial charge in [-0.2, -0.15) is 0 Å². The van der Waals surface area contributed by atoms with Crippen LogP contribution in [0, 0.1) is 0 Å². The highest BCUT2D eigenvalue weighted by Crippen LogP contribution is 2.23. The van der Waals surface area contributed by atoms with E-state index in [4.69, 9.17) is 0 Å². The minimum atomic E-state index is 0.340. The average molecular weight is 229 g/mol. The minimum absolute atomic E-state index is 0.340. The van der Waals surface area contributed by atoms with Gasteiger partial charge in [-0.25, -0.2) is 9.97 Å². The van der Waals surface area contributed by atoms with Crippen molar-refractivity contribution in [2.75, 3.05) is 5.32 Å². The Morgan fingerprint density at radius 1 is 1.00 bits per heavy atom. The van der Waals surface area contributed by atoms with Crippen molar-refractivity contribution in [1.29, 1.82) is 0 Å². The number of aromatic nitrogens is 2. The molecule has 2 rings (SSSR count). The van der Waals surface area contributed by atoms with Crippen molar-refractivity contribution in [3.8, 4) is 0 Å². The number of anilines is 1. The van der Waals surface area contributed by atoms with Gasteiger partial charge in [-0.1, -0.05) is 26.0 Å². The van der Waals surface area contributed by atoms with Crippen molar-refractivity contribution < 1.29 is 0 Å². The summed E-state index contributed by atoms with van der Waals surface area (Å²) in [6.45, 7) is 8.46. The first-order valence-electron chi connectivity index (χ1n) is 6.11. The Labute approximate surface area is 102 Å². The Bertz CT molecular complexity index is 518. The summed E-state index contributed by atoms with van der Waals surface area (Å²) in [7, 11) is 0. The van der Waals surface area contributed by atoms with E-state index in [1.807, 2.05) is 18.2 Å². The summed E-state index contributed by atoms with van der Waals surface area (Å²) in [6.07, 6.45) is 0. The second-order valence-electron chi connectivity index (χ2n) is 4.90. The maximum atomic E-state index is 4.62. The molecule has 0 atom stereocenters. The molecule has 0 spiro atoms. The minimum Gasteiger partial charge on any atom is -0.367 e. The smallest absolute Gasteiger partial charge is 0.137 e. The van der Waals surface area contributed by atoms with E-state index in [-0.39, 0.29) is 0 Å². The first-order chi connectivity index (χ1) is 8.08. The summed E-state index contributed by atoms with van der Waals surface area (Å²) in [5.74, 6) is 2.17. The normalized spacial score (nSPS) is 11.4. The summed E-state index contributed by atoms with van der Waals surface area (Å²) in [6, 6.07) is 8.50. The lowest BCUT2D eigenvalue weighted by Gasteiger charge is -2.14. The van der Waals surface area contributed by atoms with Crippen molar-refractivity contribution in [2.45, 2.75) is 39.7 Å². The molecular weight excluding hydrogens is 210 g/mol. The highest BCUT2D eigenvalue weighted by Gasteiger charge is 2.10. The van der Waals surface area contributed by atoms with E-state index in [1.165, 1.54) is 0 Å². The molecule has 0 aliphatic heterocycles. The Hall–Kier alpha value is -1.64. The number of para-hydroxylation sites is 1. The third-order valence-electron chi connectivity index (χ3n) is 2.56. The maximum Gasteiger partial charge on any atom is 0.137 e. The zero-order chi connectivity index (χ0) is 12.4. The van der Waals surface area contributed by atoms with Crippen LogP contribution in [0.5, 0.6) is 0 Å². The largest absolute Gasteiger partial charge is 0.367 e. The molecule has 0 amide bonds. The molecule has 17 heavy (non-hydrogen) atoms. The van der Waals surface area contributed by atoms with Gasteiger partial charge in [0.1, 0.15) is 11.6 Å². The molecule has 1 N–H and O–H groups in total. The van der Waals surface area contributed by atoms with E-state index < -0.39 is 0 Å². The van der Waals surface area contributed by atoms with Crippen LogP contribution in [0.1, 0.15) is 39.4 Å². The van der Waals surface area contributed by atoms with Crippen LogP contribution < -0.4 is 5.32 Å². The molecule has 90 valence electrons. The number of nitrogens with one attached hydrogen (secondary N) is 1. The van der Waals surface area contributed by atoms with Crippen LogP contribution in [-0.4, -0.2) is 16.0 Å². The van der Waals surface area contributed by atoms with E-state index in [2.05, 4.69) is 49.0 Å². The molecule has 1 aromatic carbocycles. The van der Waals surface area contributed by atoms with E-state index >= 15 is 0 Å². The van der Waals surface area contributed by atoms with Gasteiger partial charge in [0.15, 0.2) is 0 Å². The fraction of sp³-hybridized carbons (Fsp3) is 0.429. The fourth-order valence-electron chi connectivity index (χ4n) is 1.74. The van der Waals surface area contributed by atoms with Crippen molar-refractivity contribution >= 4 is 16.7 Å². The molecule has 0 saturated carbocycles. The molecule has 0 bridgehead atoms.